The standard InChI is InChI=1S/C20H44O4P2/c1-9-25(7,10-2,11-3)23-19(21)17-15-16-18-20(22)24-26(8,12-4,13-5)14-6/h9-18H2,1-8H3. The van der Waals surface area contributed by atoms with Crippen LogP contribution in [0, 0.1) is 0 Å². The van der Waals surface area contributed by atoms with E-state index in [4.69, 9.17) is 9.05 Å². The number of hydrogen-bond donors (Lipinski definition) is 0. The maximum absolute atomic E-state index is 12.3. The molecule has 0 rings (SSSR count). The van der Waals surface area contributed by atoms with Crippen molar-refractivity contribution in [2.45, 2.75) is 67.2 Å². The van der Waals surface area contributed by atoms with E-state index in [2.05, 4.69) is 54.9 Å². The van der Waals surface area contributed by atoms with Gasteiger partial charge in [-0.3, -0.25) is 0 Å². The molecular weight excluding hydrogens is 366 g/mol. The summed E-state index contributed by atoms with van der Waals surface area (Å²) >= 11 is 0. The minimum atomic E-state index is -2.33. The van der Waals surface area contributed by atoms with E-state index in [1.54, 1.807) is 0 Å². The predicted octanol–water partition coefficient (Wildman–Crippen LogP) is 5.95. The first-order valence-electron chi connectivity index (χ1n) is 10.4. The first kappa shape index (κ1) is 25.8. The van der Waals surface area contributed by atoms with Crippen molar-refractivity contribution in [2.75, 3.05) is 50.3 Å². The van der Waals surface area contributed by atoms with Gasteiger partial charge < -0.3 is 0 Å². The summed E-state index contributed by atoms with van der Waals surface area (Å²) < 4.78 is 12.0. The van der Waals surface area contributed by atoms with Crippen LogP contribution < -0.4 is 0 Å². The Bertz CT molecular complexity index is 416. The van der Waals surface area contributed by atoms with Gasteiger partial charge in [0.25, 0.3) is 0 Å². The van der Waals surface area contributed by atoms with Crippen LogP contribution in [0.25, 0.3) is 0 Å². The van der Waals surface area contributed by atoms with Crippen molar-refractivity contribution in [3.63, 3.8) is 0 Å². The molecule has 0 aliphatic rings. The Labute approximate surface area is 162 Å². The van der Waals surface area contributed by atoms with Gasteiger partial charge in [-0.15, -0.1) is 0 Å². The van der Waals surface area contributed by atoms with Gasteiger partial charge in [0.2, 0.25) is 0 Å². The molecule has 26 heavy (non-hydrogen) atoms. The Morgan fingerprint density at radius 2 is 0.808 bits per heavy atom. The summed E-state index contributed by atoms with van der Waals surface area (Å²) in [6.45, 7) is 12.4. The Hall–Kier alpha value is -0.200. The van der Waals surface area contributed by atoms with Crippen LogP contribution >= 0.6 is 13.7 Å². The van der Waals surface area contributed by atoms with Crippen molar-refractivity contribution in [2.24, 2.45) is 0 Å². The number of carbonyl (C=O) groups excluding carboxylic acids is 2. The van der Waals surface area contributed by atoms with Crippen LogP contribution in [0.4, 0.5) is 0 Å². The molecule has 6 heteroatoms. The topological polar surface area (TPSA) is 52.6 Å². The first-order valence-corrected chi connectivity index (χ1v) is 16.7. The van der Waals surface area contributed by atoms with Gasteiger partial charge in [0.05, 0.1) is 0 Å². The second-order valence-corrected chi connectivity index (χ2v) is 21.3. The fraction of sp³-hybridized carbons (Fsp3) is 0.900. The molecule has 0 spiro atoms. The van der Waals surface area contributed by atoms with Gasteiger partial charge in [-0.25, -0.2) is 0 Å². The third-order valence-electron chi connectivity index (χ3n) is 7.14. The fourth-order valence-electron chi connectivity index (χ4n) is 2.99. The SMILES string of the molecule is CCP(C)(CC)(CC)OC(=O)CCCCC(=O)OP(C)(CC)(CC)CC. The molecular formula is C20H44O4P2. The van der Waals surface area contributed by atoms with Crippen LogP contribution in [0.5, 0.6) is 0 Å². The number of carbonyl (C=O) groups is 2. The molecule has 0 aromatic rings. The zero-order valence-corrected chi connectivity index (χ0v) is 20.4. The third kappa shape index (κ3) is 6.75. The maximum atomic E-state index is 12.3. The van der Waals surface area contributed by atoms with E-state index in [9.17, 15) is 9.59 Å². The second kappa shape index (κ2) is 9.83. The fourth-order valence-corrected chi connectivity index (χ4v) is 7.91. The molecule has 0 aromatic heterocycles. The Balaban J connectivity index is 4.47. The molecule has 0 aromatic carbocycles. The molecule has 0 aliphatic heterocycles. The second-order valence-electron chi connectivity index (χ2n) is 8.41. The van der Waals surface area contributed by atoms with Crippen molar-refractivity contribution in [1.29, 1.82) is 0 Å². The van der Waals surface area contributed by atoms with Crippen LogP contribution in [0.3, 0.4) is 0 Å². The van der Waals surface area contributed by atoms with Crippen molar-refractivity contribution < 1.29 is 18.6 Å². The van der Waals surface area contributed by atoms with Crippen molar-refractivity contribution in [1.82, 2.24) is 0 Å². The summed E-state index contributed by atoms with van der Waals surface area (Å²) in [5.74, 6) is -0.204. The molecule has 0 heterocycles. The van der Waals surface area contributed by atoms with E-state index >= 15 is 0 Å². The van der Waals surface area contributed by atoms with Crippen LogP contribution in [0.2, 0.25) is 0 Å². The van der Waals surface area contributed by atoms with Crippen LogP contribution in [0.15, 0.2) is 0 Å². The Morgan fingerprint density at radius 1 is 0.577 bits per heavy atom. The molecule has 0 unspecified atom stereocenters. The van der Waals surface area contributed by atoms with Gasteiger partial charge >= 0.3 is 162 Å². The Morgan fingerprint density at radius 3 is 1.00 bits per heavy atom. The van der Waals surface area contributed by atoms with E-state index in [1.807, 2.05) is 0 Å². The van der Waals surface area contributed by atoms with E-state index in [0.29, 0.717) is 25.7 Å². The van der Waals surface area contributed by atoms with E-state index in [1.165, 1.54) is 0 Å². The molecule has 0 radical (unpaired) electrons. The summed E-state index contributed by atoms with van der Waals surface area (Å²) in [5, 5.41) is 0. The van der Waals surface area contributed by atoms with E-state index in [-0.39, 0.29) is 11.9 Å². The van der Waals surface area contributed by atoms with Gasteiger partial charge in [-0.2, -0.15) is 0 Å². The third-order valence-corrected chi connectivity index (χ3v) is 19.4. The van der Waals surface area contributed by atoms with E-state index < -0.39 is 13.7 Å². The van der Waals surface area contributed by atoms with Crippen molar-refractivity contribution in [3.05, 3.63) is 0 Å². The predicted molar refractivity (Wildman–Crippen MR) is 120 cm³/mol. The van der Waals surface area contributed by atoms with Gasteiger partial charge in [-0.05, 0) is 0 Å². The molecule has 0 atom stereocenters. The van der Waals surface area contributed by atoms with Crippen molar-refractivity contribution >= 4 is 25.6 Å². The average Bonchev–Trinajstić information content (AvgIpc) is 2.65. The summed E-state index contributed by atoms with van der Waals surface area (Å²) in [4.78, 5) is 24.6. The molecule has 0 aliphatic carbocycles. The molecule has 0 bridgehead atoms. The van der Waals surface area contributed by atoms with Crippen LogP contribution in [-0.2, 0) is 18.6 Å². The molecule has 158 valence electrons. The van der Waals surface area contributed by atoms with E-state index in [0.717, 1.165) is 37.0 Å². The number of hydrogen-bond acceptors (Lipinski definition) is 4. The molecule has 0 fully saturated rings. The molecule has 4 nitrogen and oxygen atoms in total. The normalized spacial score (nSPS) is 15.4. The monoisotopic (exact) mass is 410 g/mol. The average molecular weight is 411 g/mol. The molecule has 0 amide bonds. The van der Waals surface area contributed by atoms with Crippen molar-refractivity contribution in [3.8, 4) is 0 Å². The van der Waals surface area contributed by atoms with Crippen LogP contribution in [-0.4, -0.2) is 62.2 Å². The van der Waals surface area contributed by atoms with Crippen LogP contribution in [0.1, 0.15) is 67.2 Å². The zero-order chi connectivity index (χ0) is 20.5. The first-order chi connectivity index (χ1) is 12.0. The summed E-state index contributed by atoms with van der Waals surface area (Å²) in [6, 6.07) is 0. The number of rotatable bonds is 13. The molecule has 0 saturated heterocycles. The quantitative estimate of drug-likeness (QED) is 0.278. The molecule has 0 N–H and O–H groups in total. The Kier molecular flexibility index (Phi) is 9.76. The van der Waals surface area contributed by atoms with Gasteiger partial charge in [0.15, 0.2) is 0 Å². The zero-order valence-electron chi connectivity index (χ0n) is 18.6. The summed E-state index contributed by atoms with van der Waals surface area (Å²) in [5.41, 5.74) is 0. The number of unbranched alkanes of at least 4 members (excludes halogenated alkanes) is 1. The minimum absolute atomic E-state index is 0.102. The van der Waals surface area contributed by atoms with Gasteiger partial charge in [-0.1, -0.05) is 0 Å². The summed E-state index contributed by atoms with van der Waals surface area (Å²) in [6.07, 6.45) is 7.77. The summed E-state index contributed by atoms with van der Waals surface area (Å²) in [7, 11) is 0. The van der Waals surface area contributed by atoms with Gasteiger partial charge in [0.1, 0.15) is 0 Å². The van der Waals surface area contributed by atoms with Gasteiger partial charge in [0, 0.05) is 0 Å². The molecule has 0 saturated carbocycles.